The molecule has 0 spiro atoms. The zero-order valence-corrected chi connectivity index (χ0v) is 14.2. The fourth-order valence-electron chi connectivity index (χ4n) is 1.99. The van der Waals surface area contributed by atoms with E-state index in [1.54, 1.807) is 7.11 Å². The summed E-state index contributed by atoms with van der Waals surface area (Å²) in [6.45, 7) is 3.82. The van der Waals surface area contributed by atoms with E-state index in [0.717, 1.165) is 15.8 Å². The minimum atomic E-state index is 0.00255. The van der Waals surface area contributed by atoms with E-state index in [9.17, 15) is 0 Å². The Morgan fingerprint density at radius 1 is 1.23 bits per heavy atom. The van der Waals surface area contributed by atoms with Gasteiger partial charge in [0, 0.05) is 10.4 Å². The molecule has 0 bridgehead atoms. The van der Waals surface area contributed by atoms with Crippen LogP contribution in [0.4, 0.5) is 11.8 Å². The summed E-state index contributed by atoms with van der Waals surface area (Å²) in [5, 5.41) is 0. The van der Waals surface area contributed by atoms with Gasteiger partial charge >= 0.3 is 0 Å². The van der Waals surface area contributed by atoms with Gasteiger partial charge in [0.2, 0.25) is 5.95 Å². The molecule has 1 aromatic heterocycles. The van der Waals surface area contributed by atoms with Gasteiger partial charge < -0.3 is 16.2 Å². The molecule has 4 N–H and O–H groups in total. The van der Waals surface area contributed by atoms with E-state index in [0.29, 0.717) is 17.1 Å². The minimum Gasteiger partial charge on any atom is -0.497 e. The van der Waals surface area contributed by atoms with Crippen molar-refractivity contribution in [1.82, 2.24) is 9.97 Å². The summed E-state index contributed by atoms with van der Waals surface area (Å²) in [5.74, 6) is 7.46. The van der Waals surface area contributed by atoms with Crippen LogP contribution in [0.3, 0.4) is 0 Å². The Morgan fingerprint density at radius 3 is 2.59 bits per heavy atom. The quantitative estimate of drug-likeness (QED) is 0.804. The number of anilines is 2. The first-order valence-electron chi connectivity index (χ1n) is 6.66. The molecule has 1 heterocycles. The van der Waals surface area contributed by atoms with Gasteiger partial charge in [-0.3, -0.25) is 0 Å². The van der Waals surface area contributed by atoms with Crippen molar-refractivity contribution in [1.29, 1.82) is 0 Å². The van der Waals surface area contributed by atoms with E-state index in [-0.39, 0.29) is 11.9 Å². The van der Waals surface area contributed by atoms with Crippen LogP contribution in [-0.2, 0) is 0 Å². The fraction of sp³-hybridized carbons (Fsp3) is 0.250. The maximum atomic E-state index is 5.86. The van der Waals surface area contributed by atoms with Crippen molar-refractivity contribution in [2.45, 2.75) is 19.8 Å². The molecule has 0 amide bonds. The average Bonchev–Trinajstić information content (AvgIpc) is 2.45. The first-order chi connectivity index (χ1) is 10.4. The molecule has 5 nitrogen and oxygen atoms in total. The standard InChI is InChI=1S/C16H17BrN4O/c1-9(11-6-12(17)8-13(7-11)22-3)4-5-14-10(2)20-16(19)21-15(14)18/h6-9H,1-3H3,(H4,18,19,20,21). The monoisotopic (exact) mass is 360 g/mol. The molecule has 0 saturated carbocycles. The van der Waals surface area contributed by atoms with Crippen molar-refractivity contribution < 1.29 is 4.74 Å². The van der Waals surface area contributed by atoms with Crippen molar-refractivity contribution in [3.8, 4) is 17.6 Å². The number of halogens is 1. The molecule has 0 fully saturated rings. The number of hydrogen-bond acceptors (Lipinski definition) is 5. The molecule has 0 radical (unpaired) electrons. The SMILES string of the molecule is COc1cc(Br)cc(C(C)C#Cc2c(C)nc(N)nc2N)c1. The summed E-state index contributed by atoms with van der Waals surface area (Å²) in [5.41, 5.74) is 13.7. The number of methoxy groups -OCH3 is 1. The van der Waals surface area contributed by atoms with Crippen molar-refractivity contribution in [2.24, 2.45) is 0 Å². The van der Waals surface area contributed by atoms with E-state index in [2.05, 4.69) is 37.7 Å². The molecule has 2 aromatic rings. The highest BCUT2D eigenvalue weighted by atomic mass is 79.9. The Balaban J connectivity index is 2.34. The van der Waals surface area contributed by atoms with Crippen molar-refractivity contribution >= 4 is 27.7 Å². The maximum absolute atomic E-state index is 5.86. The van der Waals surface area contributed by atoms with Gasteiger partial charge in [0.15, 0.2) is 0 Å². The van der Waals surface area contributed by atoms with Crippen LogP contribution in [0.5, 0.6) is 5.75 Å². The van der Waals surface area contributed by atoms with Crippen molar-refractivity contribution in [3.05, 3.63) is 39.5 Å². The molecule has 6 heteroatoms. The van der Waals surface area contributed by atoms with E-state index in [1.165, 1.54) is 0 Å². The molecule has 2 rings (SSSR count). The molecular formula is C16H17BrN4O. The highest BCUT2D eigenvalue weighted by molar-refractivity contribution is 9.10. The summed E-state index contributed by atoms with van der Waals surface area (Å²) in [7, 11) is 1.64. The third-order valence-corrected chi connectivity index (χ3v) is 3.64. The van der Waals surface area contributed by atoms with Crippen LogP contribution in [0, 0.1) is 18.8 Å². The Bertz CT molecular complexity index is 741. The number of aryl methyl sites for hydroxylation is 1. The summed E-state index contributed by atoms with van der Waals surface area (Å²) in [6, 6.07) is 5.87. The van der Waals surface area contributed by atoms with Gasteiger partial charge in [-0.15, -0.1) is 0 Å². The summed E-state index contributed by atoms with van der Waals surface area (Å²) in [4.78, 5) is 8.02. The predicted octanol–water partition coefficient (Wildman–Crippen LogP) is 2.88. The largest absolute Gasteiger partial charge is 0.497 e. The average molecular weight is 361 g/mol. The van der Waals surface area contributed by atoms with Gasteiger partial charge in [0.25, 0.3) is 0 Å². The number of benzene rings is 1. The highest BCUT2D eigenvalue weighted by Gasteiger charge is 2.08. The molecule has 0 aliphatic carbocycles. The number of rotatable bonds is 2. The molecule has 114 valence electrons. The lowest BCUT2D eigenvalue weighted by Gasteiger charge is -2.08. The predicted molar refractivity (Wildman–Crippen MR) is 91.6 cm³/mol. The lowest BCUT2D eigenvalue weighted by atomic mass is 10.0. The van der Waals surface area contributed by atoms with E-state index in [4.69, 9.17) is 16.2 Å². The van der Waals surface area contributed by atoms with Gasteiger partial charge in [0.05, 0.1) is 18.4 Å². The van der Waals surface area contributed by atoms with Crippen molar-refractivity contribution in [2.75, 3.05) is 18.6 Å². The third kappa shape index (κ3) is 3.68. The van der Waals surface area contributed by atoms with Crippen LogP contribution < -0.4 is 16.2 Å². The van der Waals surface area contributed by atoms with Gasteiger partial charge in [0.1, 0.15) is 11.6 Å². The van der Waals surface area contributed by atoms with Crippen LogP contribution >= 0.6 is 15.9 Å². The number of aromatic nitrogens is 2. The highest BCUT2D eigenvalue weighted by Crippen LogP contribution is 2.26. The van der Waals surface area contributed by atoms with Crippen LogP contribution in [0.15, 0.2) is 22.7 Å². The molecule has 1 unspecified atom stereocenters. The maximum Gasteiger partial charge on any atom is 0.222 e. The Hall–Kier alpha value is -2.26. The molecule has 22 heavy (non-hydrogen) atoms. The van der Waals surface area contributed by atoms with Gasteiger partial charge in [-0.25, -0.2) is 4.98 Å². The van der Waals surface area contributed by atoms with E-state index in [1.807, 2.05) is 32.0 Å². The second-order valence-corrected chi connectivity index (χ2v) is 5.76. The molecule has 0 saturated heterocycles. The number of nitrogens with zero attached hydrogens (tertiary/aromatic N) is 2. The summed E-state index contributed by atoms with van der Waals surface area (Å²) in [6.07, 6.45) is 0. The van der Waals surface area contributed by atoms with E-state index >= 15 is 0 Å². The lowest BCUT2D eigenvalue weighted by molar-refractivity contribution is 0.414. The minimum absolute atomic E-state index is 0.00255. The second-order valence-electron chi connectivity index (χ2n) is 4.84. The first kappa shape index (κ1) is 16.1. The molecule has 0 aliphatic heterocycles. The molecular weight excluding hydrogens is 344 g/mol. The molecule has 0 aliphatic rings. The summed E-state index contributed by atoms with van der Waals surface area (Å²) < 4.78 is 6.21. The Labute approximate surface area is 138 Å². The molecule has 1 atom stereocenters. The lowest BCUT2D eigenvalue weighted by Crippen LogP contribution is -2.05. The first-order valence-corrected chi connectivity index (χ1v) is 7.45. The van der Waals surface area contributed by atoms with Crippen LogP contribution in [0.1, 0.15) is 29.7 Å². The smallest absolute Gasteiger partial charge is 0.222 e. The number of nitrogen functional groups attached to an aromatic ring is 2. The normalized spacial score (nSPS) is 11.5. The zero-order chi connectivity index (χ0) is 16.3. The number of ether oxygens (including phenoxy) is 1. The van der Waals surface area contributed by atoms with Gasteiger partial charge in [-0.1, -0.05) is 27.8 Å². The van der Waals surface area contributed by atoms with Gasteiger partial charge in [-0.2, -0.15) is 4.98 Å². The Kier molecular flexibility index (Phi) is 4.88. The van der Waals surface area contributed by atoms with Crippen LogP contribution in [0.25, 0.3) is 0 Å². The number of hydrogen-bond donors (Lipinski definition) is 2. The molecule has 1 aromatic carbocycles. The van der Waals surface area contributed by atoms with Crippen molar-refractivity contribution in [3.63, 3.8) is 0 Å². The topological polar surface area (TPSA) is 87.0 Å². The van der Waals surface area contributed by atoms with Crippen LogP contribution in [0.2, 0.25) is 0 Å². The van der Waals surface area contributed by atoms with Gasteiger partial charge in [-0.05, 0) is 37.6 Å². The summed E-state index contributed by atoms with van der Waals surface area (Å²) >= 11 is 3.47. The third-order valence-electron chi connectivity index (χ3n) is 3.18. The second kappa shape index (κ2) is 6.67. The zero-order valence-electron chi connectivity index (χ0n) is 12.6. The fourth-order valence-corrected chi connectivity index (χ4v) is 2.48. The van der Waals surface area contributed by atoms with E-state index < -0.39 is 0 Å². The van der Waals surface area contributed by atoms with Crippen LogP contribution in [-0.4, -0.2) is 17.1 Å². The Morgan fingerprint density at radius 2 is 1.95 bits per heavy atom. The number of nitrogens with two attached hydrogens (primary N) is 2.